The molecular weight excluding hydrogens is 329 g/mol. The molecule has 0 bridgehead atoms. The van der Waals surface area contributed by atoms with Crippen LogP contribution in [0.2, 0.25) is 0 Å². The van der Waals surface area contributed by atoms with Gasteiger partial charge < -0.3 is 10.4 Å². The molecule has 0 aromatic heterocycles. The Labute approximate surface area is 153 Å². The highest BCUT2D eigenvalue weighted by molar-refractivity contribution is 5.94. The number of carbonyl (C=O) groups is 1. The highest BCUT2D eigenvalue weighted by Gasteiger charge is 2.20. The third-order valence-electron chi connectivity index (χ3n) is 4.67. The van der Waals surface area contributed by atoms with Crippen LogP contribution in [0.4, 0.5) is 4.39 Å². The normalized spacial score (nSPS) is 19.3. The fourth-order valence-corrected chi connectivity index (χ4v) is 3.19. The fraction of sp³-hybridized carbons (Fsp3) is 0.318. The Kier molecular flexibility index (Phi) is 6.04. The summed E-state index contributed by atoms with van der Waals surface area (Å²) in [6, 6.07) is 13.3. The van der Waals surface area contributed by atoms with Crippen molar-refractivity contribution in [1.82, 2.24) is 5.32 Å². The Morgan fingerprint density at radius 3 is 2.62 bits per heavy atom. The topological polar surface area (TPSA) is 49.3 Å². The molecule has 2 aromatic carbocycles. The van der Waals surface area contributed by atoms with Gasteiger partial charge in [0.15, 0.2) is 0 Å². The van der Waals surface area contributed by atoms with E-state index in [1.807, 2.05) is 0 Å². The van der Waals surface area contributed by atoms with E-state index in [2.05, 4.69) is 17.2 Å². The third-order valence-corrected chi connectivity index (χ3v) is 4.67. The first kappa shape index (κ1) is 18.2. The average Bonchev–Trinajstić information content (AvgIpc) is 2.66. The van der Waals surface area contributed by atoms with Crippen molar-refractivity contribution in [3.63, 3.8) is 0 Å². The summed E-state index contributed by atoms with van der Waals surface area (Å²) in [6.07, 6.45) is 3.43. The zero-order valence-corrected chi connectivity index (χ0v) is 14.5. The highest BCUT2D eigenvalue weighted by atomic mass is 19.1. The Morgan fingerprint density at radius 2 is 1.88 bits per heavy atom. The molecule has 1 aliphatic rings. The number of rotatable bonds is 3. The summed E-state index contributed by atoms with van der Waals surface area (Å²) >= 11 is 0. The molecule has 26 heavy (non-hydrogen) atoms. The minimum absolute atomic E-state index is 0.126. The van der Waals surface area contributed by atoms with Gasteiger partial charge in [0.05, 0.1) is 11.7 Å². The molecule has 2 aromatic rings. The van der Waals surface area contributed by atoms with E-state index < -0.39 is 0 Å². The maximum absolute atomic E-state index is 13.6. The maximum atomic E-state index is 13.6. The van der Waals surface area contributed by atoms with Gasteiger partial charge in [-0.2, -0.15) is 0 Å². The summed E-state index contributed by atoms with van der Waals surface area (Å²) in [6.45, 7) is 0.588. The second-order valence-electron chi connectivity index (χ2n) is 6.70. The molecule has 1 amide bonds. The second-order valence-corrected chi connectivity index (χ2v) is 6.70. The number of aliphatic hydroxyl groups is 1. The van der Waals surface area contributed by atoms with Gasteiger partial charge in [0.25, 0.3) is 5.91 Å². The van der Waals surface area contributed by atoms with E-state index in [-0.39, 0.29) is 17.8 Å². The Hall–Kier alpha value is -2.64. The summed E-state index contributed by atoms with van der Waals surface area (Å²) in [5.74, 6) is 5.58. The number of hydrogen-bond acceptors (Lipinski definition) is 2. The van der Waals surface area contributed by atoms with Crippen LogP contribution in [0.15, 0.2) is 48.5 Å². The van der Waals surface area contributed by atoms with Gasteiger partial charge in [-0.1, -0.05) is 30.4 Å². The molecule has 0 heterocycles. The van der Waals surface area contributed by atoms with Crippen LogP contribution in [-0.4, -0.2) is 23.7 Å². The van der Waals surface area contributed by atoms with Gasteiger partial charge >= 0.3 is 0 Å². The zero-order chi connectivity index (χ0) is 18.4. The first-order chi connectivity index (χ1) is 12.6. The van der Waals surface area contributed by atoms with Crippen LogP contribution in [0.25, 0.3) is 0 Å². The van der Waals surface area contributed by atoms with Crippen molar-refractivity contribution in [3.8, 4) is 11.8 Å². The molecule has 0 spiro atoms. The van der Waals surface area contributed by atoms with Gasteiger partial charge in [-0.3, -0.25) is 4.79 Å². The standard InChI is InChI=1S/C22H22FNO2/c23-21-7-2-1-5-18(21)11-8-16-9-12-19(13-10-16)22(26)24-15-17-4-3-6-20(25)14-17/h1-2,5,7,9-10,12-13,17,20,25H,3-4,6,14-15H2,(H,24,26). The van der Waals surface area contributed by atoms with Crippen molar-refractivity contribution < 1.29 is 14.3 Å². The molecule has 3 rings (SSSR count). The molecule has 2 unspecified atom stereocenters. The van der Waals surface area contributed by atoms with E-state index in [0.717, 1.165) is 31.2 Å². The zero-order valence-electron chi connectivity index (χ0n) is 14.5. The minimum Gasteiger partial charge on any atom is -0.393 e. The predicted octanol–water partition coefficient (Wildman–Crippen LogP) is 3.51. The Morgan fingerprint density at radius 1 is 1.12 bits per heavy atom. The van der Waals surface area contributed by atoms with Crippen molar-refractivity contribution in [1.29, 1.82) is 0 Å². The van der Waals surface area contributed by atoms with E-state index >= 15 is 0 Å². The molecule has 0 radical (unpaired) electrons. The lowest BCUT2D eigenvalue weighted by Crippen LogP contribution is -2.32. The number of nitrogens with one attached hydrogen (secondary N) is 1. The summed E-state index contributed by atoms with van der Waals surface area (Å²) < 4.78 is 13.6. The SMILES string of the molecule is O=C(NCC1CCCC(O)C1)c1ccc(C#Cc2ccccc2F)cc1. The van der Waals surface area contributed by atoms with Crippen molar-refractivity contribution in [3.05, 3.63) is 71.0 Å². The van der Waals surface area contributed by atoms with E-state index in [9.17, 15) is 14.3 Å². The molecule has 0 saturated heterocycles. The highest BCUT2D eigenvalue weighted by Crippen LogP contribution is 2.23. The average molecular weight is 351 g/mol. The van der Waals surface area contributed by atoms with Crippen molar-refractivity contribution in [2.75, 3.05) is 6.54 Å². The summed E-state index contributed by atoms with van der Waals surface area (Å²) in [5, 5.41) is 12.6. The predicted molar refractivity (Wildman–Crippen MR) is 99.1 cm³/mol. The Bertz CT molecular complexity index is 820. The van der Waals surface area contributed by atoms with Crippen LogP contribution >= 0.6 is 0 Å². The molecule has 2 atom stereocenters. The van der Waals surface area contributed by atoms with Crippen molar-refractivity contribution in [2.45, 2.75) is 31.8 Å². The minimum atomic E-state index is -0.344. The molecule has 1 fully saturated rings. The number of amides is 1. The monoisotopic (exact) mass is 351 g/mol. The van der Waals surface area contributed by atoms with Crippen LogP contribution < -0.4 is 5.32 Å². The van der Waals surface area contributed by atoms with E-state index in [0.29, 0.717) is 23.6 Å². The van der Waals surface area contributed by atoms with Crippen LogP contribution in [0.3, 0.4) is 0 Å². The van der Waals surface area contributed by atoms with Crippen molar-refractivity contribution >= 4 is 5.91 Å². The Balaban J connectivity index is 1.57. The van der Waals surface area contributed by atoms with Crippen LogP contribution in [0.5, 0.6) is 0 Å². The van der Waals surface area contributed by atoms with Gasteiger partial charge in [-0.15, -0.1) is 0 Å². The van der Waals surface area contributed by atoms with Gasteiger partial charge in [0.2, 0.25) is 0 Å². The molecule has 0 aliphatic heterocycles. The first-order valence-corrected chi connectivity index (χ1v) is 8.94. The molecular formula is C22H22FNO2. The third kappa shape index (κ3) is 4.93. The van der Waals surface area contributed by atoms with Crippen molar-refractivity contribution in [2.24, 2.45) is 5.92 Å². The quantitative estimate of drug-likeness (QED) is 0.832. The molecule has 1 saturated carbocycles. The summed E-state index contributed by atoms with van der Waals surface area (Å²) in [7, 11) is 0. The summed E-state index contributed by atoms with van der Waals surface area (Å²) in [4.78, 5) is 12.2. The lowest BCUT2D eigenvalue weighted by Gasteiger charge is -2.25. The smallest absolute Gasteiger partial charge is 0.251 e. The van der Waals surface area contributed by atoms with Crippen LogP contribution in [0, 0.1) is 23.6 Å². The number of halogens is 1. The van der Waals surface area contributed by atoms with E-state index in [4.69, 9.17) is 0 Å². The molecule has 3 nitrogen and oxygen atoms in total. The maximum Gasteiger partial charge on any atom is 0.251 e. The van der Waals surface area contributed by atoms with Gasteiger partial charge in [-0.25, -0.2) is 4.39 Å². The number of aliphatic hydroxyl groups excluding tert-OH is 1. The lowest BCUT2D eigenvalue weighted by molar-refractivity contribution is 0.0874. The molecule has 4 heteroatoms. The van der Waals surface area contributed by atoms with Gasteiger partial charge in [-0.05, 0) is 61.6 Å². The summed E-state index contributed by atoms with van der Waals surface area (Å²) in [5.41, 5.74) is 1.64. The molecule has 1 aliphatic carbocycles. The van der Waals surface area contributed by atoms with E-state index in [1.165, 1.54) is 6.07 Å². The number of carbonyl (C=O) groups excluding carboxylic acids is 1. The van der Waals surface area contributed by atoms with Gasteiger partial charge in [0.1, 0.15) is 5.82 Å². The first-order valence-electron chi connectivity index (χ1n) is 8.94. The second kappa shape index (κ2) is 8.64. The largest absolute Gasteiger partial charge is 0.393 e. The van der Waals surface area contributed by atoms with Crippen LogP contribution in [-0.2, 0) is 0 Å². The molecule has 134 valence electrons. The fourth-order valence-electron chi connectivity index (χ4n) is 3.19. The number of benzene rings is 2. The van der Waals surface area contributed by atoms with E-state index in [1.54, 1.807) is 42.5 Å². The number of hydrogen-bond donors (Lipinski definition) is 2. The van der Waals surface area contributed by atoms with Crippen LogP contribution in [0.1, 0.15) is 47.2 Å². The molecule has 2 N–H and O–H groups in total. The lowest BCUT2D eigenvalue weighted by atomic mass is 9.87. The van der Waals surface area contributed by atoms with Gasteiger partial charge in [0, 0.05) is 17.7 Å².